The van der Waals surface area contributed by atoms with Crippen molar-refractivity contribution in [1.82, 2.24) is 9.80 Å². The molecule has 0 saturated carbocycles. The predicted octanol–water partition coefficient (Wildman–Crippen LogP) is -7.41. The standard InChI is InChI=1S/C10H16N2O8.2Eu/c13-7(14)3-11(4-8(15)16)1-2-12(5-9(17)18)6-10(19)20;;/h1-6H2,(H,13,14)(H,15,16)(H,17,18)(H,19,20);;/q;2*+2/p-4. The Bertz CT molecular complexity index is 325. The number of hydrogen-bond acceptors (Lipinski definition) is 10. The second-order valence-corrected chi connectivity index (χ2v) is 3.91. The zero-order valence-electron chi connectivity index (χ0n) is 11.2. The van der Waals surface area contributed by atoms with Crippen molar-refractivity contribution in [2.75, 3.05) is 39.3 Å². The molecule has 12 heteroatoms. The Morgan fingerprint density at radius 2 is 0.727 bits per heavy atom. The summed E-state index contributed by atoms with van der Waals surface area (Å²) < 4.78 is 0. The van der Waals surface area contributed by atoms with Gasteiger partial charge in [-0.1, -0.05) is 0 Å². The number of aliphatic carboxylic acids is 4. The molecule has 0 N–H and O–H groups in total. The molecule has 0 heterocycles. The minimum absolute atomic E-state index is 0. The molecule has 0 atom stereocenters. The van der Waals surface area contributed by atoms with E-state index < -0.39 is 50.1 Å². The van der Waals surface area contributed by atoms with E-state index in [2.05, 4.69) is 0 Å². The third-order valence-corrected chi connectivity index (χ3v) is 2.14. The van der Waals surface area contributed by atoms with Crippen LogP contribution < -0.4 is 20.4 Å². The van der Waals surface area contributed by atoms with Crippen LogP contribution in [0.15, 0.2) is 0 Å². The molecule has 0 aromatic rings. The first-order valence-electron chi connectivity index (χ1n) is 5.44. The van der Waals surface area contributed by atoms with E-state index in [1.807, 2.05) is 0 Å². The molecule has 22 heavy (non-hydrogen) atoms. The Balaban J connectivity index is -0.00000180. The van der Waals surface area contributed by atoms with Gasteiger partial charge in [-0.2, -0.15) is 0 Å². The average Bonchev–Trinajstić information content (AvgIpc) is 2.22. The largest absolute Gasteiger partial charge is 2.00 e. The molecule has 0 rings (SSSR count). The van der Waals surface area contributed by atoms with Crippen molar-refractivity contribution in [2.45, 2.75) is 0 Å². The summed E-state index contributed by atoms with van der Waals surface area (Å²) in [5, 5.41) is 41.6. The van der Waals surface area contributed by atoms with Gasteiger partial charge in [0.2, 0.25) is 0 Å². The van der Waals surface area contributed by atoms with Crippen LogP contribution >= 0.6 is 0 Å². The zero-order chi connectivity index (χ0) is 15.7. The van der Waals surface area contributed by atoms with Gasteiger partial charge in [0, 0.05) is 39.3 Å². The first kappa shape index (κ1) is 27.8. The summed E-state index contributed by atoms with van der Waals surface area (Å²) in [6.45, 7) is -3.25. The SMILES string of the molecule is O=C([O-])CN(CCN(CC(=O)[O-])CC(=O)[O-])CC(=O)[O-].[Eu+2].[Eu+2]. The minimum atomic E-state index is -1.53. The molecule has 0 unspecified atom stereocenters. The van der Waals surface area contributed by atoms with Gasteiger partial charge >= 0.3 is 98.8 Å². The van der Waals surface area contributed by atoms with Gasteiger partial charge < -0.3 is 39.6 Å². The maximum absolute atomic E-state index is 10.4. The molecule has 0 bridgehead atoms. The fourth-order valence-corrected chi connectivity index (χ4v) is 1.44. The Morgan fingerprint density at radius 3 is 0.864 bits per heavy atom. The van der Waals surface area contributed by atoms with E-state index in [9.17, 15) is 39.6 Å². The molecule has 0 aliphatic carbocycles. The summed E-state index contributed by atoms with van der Waals surface area (Å²) in [5.41, 5.74) is 0. The van der Waals surface area contributed by atoms with Gasteiger partial charge in [-0.25, -0.2) is 0 Å². The molecule has 124 valence electrons. The Hall–Kier alpha value is 0.969. The number of carbonyl (C=O) groups excluding carboxylic acids is 4. The van der Waals surface area contributed by atoms with Crippen LogP contribution in [0, 0.1) is 98.8 Å². The molecule has 0 amide bonds. The van der Waals surface area contributed by atoms with Crippen LogP contribution in [0.5, 0.6) is 0 Å². The Morgan fingerprint density at radius 1 is 0.545 bits per heavy atom. The molecule has 10 nitrogen and oxygen atoms in total. The summed E-state index contributed by atoms with van der Waals surface area (Å²) >= 11 is 0. The Kier molecular flexibility index (Phi) is 19.6. The number of hydrogen-bond donors (Lipinski definition) is 0. The van der Waals surface area contributed by atoms with Crippen molar-refractivity contribution in [1.29, 1.82) is 0 Å². The molecule has 0 aliphatic heterocycles. The fraction of sp³-hybridized carbons (Fsp3) is 0.600. The van der Waals surface area contributed by atoms with E-state index in [1.165, 1.54) is 0 Å². The van der Waals surface area contributed by atoms with E-state index in [4.69, 9.17) is 0 Å². The van der Waals surface area contributed by atoms with Crippen molar-refractivity contribution < 1.29 is 138 Å². The van der Waals surface area contributed by atoms with E-state index in [0.717, 1.165) is 9.80 Å². The monoisotopic (exact) mass is 594 g/mol. The first-order valence-corrected chi connectivity index (χ1v) is 5.44. The fourth-order valence-electron chi connectivity index (χ4n) is 1.44. The van der Waals surface area contributed by atoms with Crippen molar-refractivity contribution in [3.05, 3.63) is 0 Å². The van der Waals surface area contributed by atoms with Gasteiger partial charge in [0.25, 0.3) is 0 Å². The van der Waals surface area contributed by atoms with Crippen LogP contribution in [0.25, 0.3) is 0 Å². The molecule has 0 aromatic carbocycles. The zero-order valence-corrected chi connectivity index (χ0v) is 16.0. The van der Waals surface area contributed by atoms with Gasteiger partial charge in [-0.3, -0.25) is 9.80 Å². The second-order valence-electron chi connectivity index (χ2n) is 3.91. The average molecular weight is 592 g/mol. The third kappa shape index (κ3) is 17.3. The topological polar surface area (TPSA) is 167 Å². The van der Waals surface area contributed by atoms with Gasteiger partial charge in [-0.15, -0.1) is 0 Å². The second kappa shape index (κ2) is 15.5. The Labute approximate surface area is 207 Å². The van der Waals surface area contributed by atoms with Gasteiger partial charge in [0.15, 0.2) is 0 Å². The third-order valence-electron chi connectivity index (χ3n) is 2.14. The van der Waals surface area contributed by atoms with Gasteiger partial charge in [0.05, 0.1) is 23.9 Å². The van der Waals surface area contributed by atoms with Gasteiger partial charge in [-0.05, 0) is 0 Å². The van der Waals surface area contributed by atoms with Crippen molar-refractivity contribution in [3.8, 4) is 0 Å². The summed E-state index contributed by atoms with van der Waals surface area (Å²) in [4.78, 5) is 43.4. The van der Waals surface area contributed by atoms with Crippen LogP contribution in [0.2, 0.25) is 0 Å². The summed E-state index contributed by atoms with van der Waals surface area (Å²) in [5.74, 6) is -6.12. The summed E-state index contributed by atoms with van der Waals surface area (Å²) in [6.07, 6.45) is 0. The molecule has 0 saturated heterocycles. The van der Waals surface area contributed by atoms with E-state index in [-0.39, 0.29) is 112 Å². The molecule has 0 fully saturated rings. The summed E-state index contributed by atoms with van der Waals surface area (Å²) in [6, 6.07) is 0. The number of rotatable bonds is 11. The van der Waals surface area contributed by atoms with E-state index >= 15 is 0 Å². The predicted molar refractivity (Wildman–Crippen MR) is 52.9 cm³/mol. The van der Waals surface area contributed by atoms with Crippen molar-refractivity contribution in [2.24, 2.45) is 0 Å². The molecule has 0 aliphatic rings. The normalized spacial score (nSPS) is 9.73. The van der Waals surface area contributed by atoms with Crippen LogP contribution in [0.4, 0.5) is 0 Å². The number of carboxylic acid groups (broad SMARTS) is 4. The van der Waals surface area contributed by atoms with Crippen LogP contribution in [-0.2, 0) is 19.2 Å². The quantitative estimate of drug-likeness (QED) is 0.225. The van der Waals surface area contributed by atoms with Crippen LogP contribution in [0.1, 0.15) is 0 Å². The molecule has 0 aromatic heterocycles. The molecule has 2 radical (unpaired) electrons. The summed E-state index contributed by atoms with van der Waals surface area (Å²) in [7, 11) is 0. The number of nitrogens with zero attached hydrogens (tertiary/aromatic N) is 2. The van der Waals surface area contributed by atoms with Crippen LogP contribution in [-0.4, -0.2) is 72.9 Å². The van der Waals surface area contributed by atoms with Crippen LogP contribution in [0.3, 0.4) is 0 Å². The first-order chi connectivity index (χ1) is 9.20. The molecular weight excluding hydrogens is 580 g/mol. The van der Waals surface area contributed by atoms with Crippen molar-refractivity contribution >= 4 is 23.9 Å². The van der Waals surface area contributed by atoms with Crippen molar-refractivity contribution in [3.63, 3.8) is 0 Å². The van der Waals surface area contributed by atoms with E-state index in [0.29, 0.717) is 0 Å². The number of carboxylic acids is 4. The number of carbonyl (C=O) groups is 4. The van der Waals surface area contributed by atoms with E-state index in [1.54, 1.807) is 0 Å². The van der Waals surface area contributed by atoms with Gasteiger partial charge in [0.1, 0.15) is 0 Å². The maximum atomic E-state index is 10.4. The molecular formula is C10H12Eu2N2O8. The molecule has 0 spiro atoms. The minimum Gasteiger partial charge on any atom is -0.549 e. The maximum Gasteiger partial charge on any atom is 2.00 e. The smallest absolute Gasteiger partial charge is 0.549 e.